The molecule has 4 rings (SSSR count). The molecule has 28 heavy (non-hydrogen) atoms. The second-order valence-corrected chi connectivity index (χ2v) is 7.32. The molecule has 144 valence electrons. The summed E-state index contributed by atoms with van der Waals surface area (Å²) in [7, 11) is 2.05. The Balaban J connectivity index is 1.53. The summed E-state index contributed by atoms with van der Waals surface area (Å²) in [4.78, 5) is 12.7. The van der Waals surface area contributed by atoms with E-state index in [0.717, 1.165) is 34.6 Å². The lowest BCUT2D eigenvalue weighted by molar-refractivity contribution is 0.0955. The molecule has 4 aromatic rings. The van der Waals surface area contributed by atoms with Crippen molar-refractivity contribution in [1.82, 2.24) is 24.5 Å². The van der Waals surface area contributed by atoms with Gasteiger partial charge in [-0.25, -0.2) is 0 Å². The van der Waals surface area contributed by atoms with Crippen molar-refractivity contribution in [2.75, 3.05) is 6.54 Å². The minimum atomic E-state index is -0.139. The summed E-state index contributed by atoms with van der Waals surface area (Å²) in [5.41, 5.74) is 4.65. The summed E-state index contributed by atoms with van der Waals surface area (Å²) in [5, 5.41) is 13.2. The predicted molar refractivity (Wildman–Crippen MR) is 111 cm³/mol. The van der Waals surface area contributed by atoms with Crippen molar-refractivity contribution in [3.63, 3.8) is 0 Å². The maximum atomic E-state index is 12.7. The molecule has 0 aliphatic carbocycles. The molecule has 3 heterocycles. The van der Waals surface area contributed by atoms with Crippen molar-refractivity contribution < 1.29 is 4.79 Å². The third kappa shape index (κ3) is 3.03. The van der Waals surface area contributed by atoms with Gasteiger partial charge in [-0.15, -0.1) is 10.2 Å². The van der Waals surface area contributed by atoms with E-state index in [-0.39, 0.29) is 5.91 Å². The van der Waals surface area contributed by atoms with Crippen molar-refractivity contribution >= 4 is 34.1 Å². The van der Waals surface area contributed by atoms with Gasteiger partial charge in [-0.3, -0.25) is 9.20 Å². The summed E-state index contributed by atoms with van der Waals surface area (Å²) in [6.07, 6.45) is 3.38. The molecule has 0 atom stereocenters. The number of rotatable bonds is 5. The summed E-state index contributed by atoms with van der Waals surface area (Å²) < 4.78 is 4.03. The number of amides is 1. The van der Waals surface area contributed by atoms with Gasteiger partial charge in [0.25, 0.3) is 5.91 Å². The van der Waals surface area contributed by atoms with Crippen LogP contribution in [0.1, 0.15) is 34.4 Å². The van der Waals surface area contributed by atoms with Crippen molar-refractivity contribution in [2.45, 2.75) is 26.7 Å². The number of aryl methyl sites for hydroxylation is 3. The first-order chi connectivity index (χ1) is 13.5. The molecule has 7 heteroatoms. The van der Waals surface area contributed by atoms with Gasteiger partial charge in [-0.05, 0) is 42.8 Å². The van der Waals surface area contributed by atoms with Gasteiger partial charge in [0.1, 0.15) is 5.82 Å². The SMILES string of the molecule is CCc1nnc2c(C(=O)NCCc3c(C)c4cc(Cl)ccc4n3C)cccn12. The van der Waals surface area contributed by atoms with Crippen LogP contribution < -0.4 is 5.32 Å². The lowest BCUT2D eigenvalue weighted by Gasteiger charge is -2.09. The van der Waals surface area contributed by atoms with Gasteiger partial charge in [-0.1, -0.05) is 18.5 Å². The Labute approximate surface area is 168 Å². The van der Waals surface area contributed by atoms with Crippen LogP contribution in [-0.4, -0.2) is 31.6 Å². The topological polar surface area (TPSA) is 64.2 Å². The van der Waals surface area contributed by atoms with E-state index in [2.05, 4.69) is 27.0 Å². The van der Waals surface area contributed by atoms with Crippen LogP contribution in [0.15, 0.2) is 36.5 Å². The van der Waals surface area contributed by atoms with E-state index in [4.69, 9.17) is 11.6 Å². The Bertz CT molecular complexity index is 1190. The molecule has 1 N–H and O–H groups in total. The Morgan fingerprint density at radius 1 is 1.25 bits per heavy atom. The van der Waals surface area contributed by atoms with Gasteiger partial charge in [0.15, 0.2) is 5.65 Å². The fraction of sp³-hybridized carbons (Fsp3) is 0.286. The molecule has 0 aliphatic rings. The molecule has 1 aromatic carbocycles. The van der Waals surface area contributed by atoms with Crippen LogP contribution in [0, 0.1) is 6.92 Å². The Hall–Kier alpha value is -2.86. The lowest BCUT2D eigenvalue weighted by Crippen LogP contribution is -2.27. The van der Waals surface area contributed by atoms with Crippen molar-refractivity contribution in [3.8, 4) is 0 Å². The summed E-state index contributed by atoms with van der Waals surface area (Å²) in [5.74, 6) is 0.703. The summed E-state index contributed by atoms with van der Waals surface area (Å²) >= 11 is 6.15. The van der Waals surface area contributed by atoms with E-state index < -0.39 is 0 Å². The molecule has 1 amide bonds. The molecule has 3 aromatic heterocycles. The zero-order chi connectivity index (χ0) is 19.8. The van der Waals surface area contributed by atoms with Crippen molar-refractivity contribution in [1.29, 1.82) is 0 Å². The van der Waals surface area contributed by atoms with Crippen LogP contribution >= 0.6 is 11.6 Å². The molecule has 0 saturated carbocycles. The molecule has 0 saturated heterocycles. The maximum Gasteiger partial charge on any atom is 0.255 e. The fourth-order valence-corrected chi connectivity index (χ4v) is 3.95. The van der Waals surface area contributed by atoms with Crippen LogP contribution in [0.25, 0.3) is 16.6 Å². The minimum absolute atomic E-state index is 0.139. The first-order valence-electron chi connectivity index (χ1n) is 9.35. The monoisotopic (exact) mass is 395 g/mol. The van der Waals surface area contributed by atoms with E-state index in [9.17, 15) is 4.79 Å². The standard InChI is InChI=1S/C21H22ClN5O/c1-4-19-24-25-20-15(6-5-11-27(19)20)21(28)23-10-9-17-13(2)16-12-14(22)7-8-18(16)26(17)3/h5-8,11-12H,4,9-10H2,1-3H3,(H,23,28). The highest BCUT2D eigenvalue weighted by atomic mass is 35.5. The van der Waals surface area contributed by atoms with Crippen LogP contribution in [-0.2, 0) is 19.9 Å². The Kier molecular flexibility index (Phi) is 4.81. The van der Waals surface area contributed by atoms with Crippen LogP contribution in [0.2, 0.25) is 5.02 Å². The highest BCUT2D eigenvalue weighted by Gasteiger charge is 2.15. The molecule has 0 spiro atoms. The molecule has 0 bridgehead atoms. The van der Waals surface area contributed by atoms with E-state index in [1.165, 1.54) is 11.3 Å². The third-order valence-electron chi connectivity index (χ3n) is 5.28. The van der Waals surface area contributed by atoms with Crippen LogP contribution in [0.3, 0.4) is 0 Å². The summed E-state index contributed by atoms with van der Waals surface area (Å²) in [6, 6.07) is 9.55. The highest BCUT2D eigenvalue weighted by Crippen LogP contribution is 2.27. The second-order valence-electron chi connectivity index (χ2n) is 6.88. The van der Waals surface area contributed by atoms with Gasteiger partial charge >= 0.3 is 0 Å². The lowest BCUT2D eigenvalue weighted by atomic mass is 10.1. The zero-order valence-electron chi connectivity index (χ0n) is 16.2. The normalized spacial score (nSPS) is 11.4. The summed E-state index contributed by atoms with van der Waals surface area (Å²) in [6.45, 7) is 4.65. The molecule has 0 radical (unpaired) electrons. The molecule has 0 unspecified atom stereocenters. The van der Waals surface area contributed by atoms with Crippen LogP contribution in [0.5, 0.6) is 0 Å². The first-order valence-corrected chi connectivity index (χ1v) is 9.73. The average Bonchev–Trinajstić information content (AvgIpc) is 3.22. The van der Waals surface area contributed by atoms with Gasteiger partial charge in [0, 0.05) is 54.3 Å². The third-order valence-corrected chi connectivity index (χ3v) is 5.51. The number of nitrogens with one attached hydrogen (secondary N) is 1. The molecule has 0 fully saturated rings. The average molecular weight is 396 g/mol. The number of benzene rings is 1. The molecule has 6 nitrogen and oxygen atoms in total. The number of nitrogens with zero attached hydrogens (tertiary/aromatic N) is 4. The minimum Gasteiger partial charge on any atom is -0.352 e. The number of fused-ring (bicyclic) bond motifs is 2. The molecule has 0 aliphatic heterocycles. The zero-order valence-corrected chi connectivity index (χ0v) is 16.9. The number of hydrogen-bond donors (Lipinski definition) is 1. The Morgan fingerprint density at radius 2 is 2.07 bits per heavy atom. The van der Waals surface area contributed by atoms with Crippen molar-refractivity contribution in [2.24, 2.45) is 7.05 Å². The van der Waals surface area contributed by atoms with Gasteiger partial charge in [0.05, 0.1) is 5.56 Å². The first kappa shape index (κ1) is 18.5. The van der Waals surface area contributed by atoms with E-state index >= 15 is 0 Å². The van der Waals surface area contributed by atoms with Gasteiger partial charge in [0.2, 0.25) is 0 Å². The highest BCUT2D eigenvalue weighted by molar-refractivity contribution is 6.31. The van der Waals surface area contributed by atoms with E-state index in [1.54, 1.807) is 6.07 Å². The number of halogens is 1. The van der Waals surface area contributed by atoms with E-state index in [1.807, 2.05) is 48.8 Å². The van der Waals surface area contributed by atoms with Crippen molar-refractivity contribution in [3.05, 3.63) is 64.2 Å². The maximum absolute atomic E-state index is 12.7. The quantitative estimate of drug-likeness (QED) is 0.560. The van der Waals surface area contributed by atoms with Gasteiger partial charge < -0.3 is 9.88 Å². The number of carbonyl (C=O) groups excluding carboxylic acids is 1. The number of carbonyl (C=O) groups is 1. The fourth-order valence-electron chi connectivity index (χ4n) is 3.78. The number of aromatic nitrogens is 4. The molecular formula is C21H22ClN5O. The largest absolute Gasteiger partial charge is 0.352 e. The Morgan fingerprint density at radius 3 is 2.86 bits per heavy atom. The smallest absolute Gasteiger partial charge is 0.255 e. The molecular weight excluding hydrogens is 374 g/mol. The van der Waals surface area contributed by atoms with E-state index in [0.29, 0.717) is 17.8 Å². The van der Waals surface area contributed by atoms with Gasteiger partial charge in [-0.2, -0.15) is 0 Å². The number of hydrogen-bond acceptors (Lipinski definition) is 3. The second kappa shape index (κ2) is 7.28. The predicted octanol–water partition coefficient (Wildman–Crippen LogP) is 3.72. The number of pyridine rings is 1. The van der Waals surface area contributed by atoms with Crippen LogP contribution in [0.4, 0.5) is 0 Å².